The highest BCUT2D eigenvalue weighted by Crippen LogP contribution is 2.56. The minimum absolute atomic E-state index is 0.0830. The molecule has 0 N–H and O–H groups in total. The smallest absolute Gasteiger partial charge is 0.117 e. The molecule has 1 aliphatic heterocycles. The van der Waals surface area contributed by atoms with E-state index in [1.165, 1.54) is 66.3 Å². The quantitative estimate of drug-likeness (QED) is 0.188. The number of hydrogen-bond donors (Lipinski definition) is 0. The molecule has 0 amide bonds. The topological polar surface area (TPSA) is 15.6 Å². The van der Waals surface area contributed by atoms with Crippen LogP contribution in [0.3, 0.4) is 0 Å². The summed E-state index contributed by atoms with van der Waals surface area (Å²) in [6, 6.07) is 48.3. The van der Waals surface area contributed by atoms with Gasteiger partial charge in [-0.15, -0.1) is 0 Å². The maximum Gasteiger partial charge on any atom is 0.117 e. The van der Waals surface area contributed by atoms with Gasteiger partial charge in [0.05, 0.1) is 17.4 Å². The summed E-state index contributed by atoms with van der Waals surface area (Å²) >= 11 is 0. The molecule has 2 nitrogen and oxygen atoms in total. The van der Waals surface area contributed by atoms with Gasteiger partial charge in [-0.3, -0.25) is 0 Å². The van der Waals surface area contributed by atoms with Crippen molar-refractivity contribution >= 4 is 46.7 Å². The van der Waals surface area contributed by atoms with Gasteiger partial charge in [-0.05, 0) is 50.0 Å². The molecule has 206 valence electrons. The number of fused-ring (bicyclic) bond motifs is 3. The van der Waals surface area contributed by atoms with Crippen molar-refractivity contribution in [2.24, 2.45) is 4.76 Å². The van der Waals surface area contributed by atoms with Crippen LogP contribution in [0.25, 0.3) is 49.4 Å². The molecule has 0 radical (unpaired) electrons. The van der Waals surface area contributed by atoms with E-state index in [9.17, 15) is 0 Å². The third-order valence-electron chi connectivity index (χ3n) is 8.62. The number of rotatable bonds is 5. The second-order valence-electron chi connectivity index (χ2n) is 11.1. The Balaban J connectivity index is 1.29. The molecule has 6 aromatic rings. The molecule has 2 unspecified atom stereocenters. The van der Waals surface area contributed by atoms with Crippen LogP contribution < -0.4 is 4.67 Å². The van der Waals surface area contributed by atoms with Gasteiger partial charge in [0.1, 0.15) is 8.22 Å². The van der Waals surface area contributed by atoms with E-state index in [1.807, 2.05) is 0 Å². The van der Waals surface area contributed by atoms with Crippen molar-refractivity contribution in [2.75, 3.05) is 10.8 Å². The van der Waals surface area contributed by atoms with Crippen LogP contribution in [0, 0.1) is 0 Å². The Kier molecular flexibility index (Phi) is 6.51. The molecule has 2 atom stereocenters. The van der Waals surface area contributed by atoms with Crippen LogP contribution >= 0.6 is 8.22 Å². The molecule has 0 aromatic heterocycles. The standard InChI is InChI=1S/C40H31N2P/c1-2-43-41-40-35(34-24-11-19-30-18-9-22-32(38(30)34)28-14-5-3-6-15-28)25-13-27-37(40)42(43)36-26-12-21-31-20-10-23-33(39(31)36)29-16-7-4-8-17-29/h3-27,37H,2H2,1H3. The predicted molar refractivity (Wildman–Crippen MR) is 187 cm³/mol. The van der Waals surface area contributed by atoms with Gasteiger partial charge in [-0.2, -0.15) is 0 Å². The van der Waals surface area contributed by atoms with Gasteiger partial charge in [0.2, 0.25) is 0 Å². The predicted octanol–water partition coefficient (Wildman–Crippen LogP) is 10.9. The fourth-order valence-electron chi connectivity index (χ4n) is 6.74. The maximum absolute atomic E-state index is 5.55. The van der Waals surface area contributed by atoms with Crippen LogP contribution in [-0.2, 0) is 0 Å². The summed E-state index contributed by atoms with van der Waals surface area (Å²) in [7, 11) is -0.770. The molecule has 1 aliphatic carbocycles. The molecule has 2 aliphatic rings. The van der Waals surface area contributed by atoms with Crippen LogP contribution in [-0.4, -0.2) is 17.9 Å². The monoisotopic (exact) mass is 570 g/mol. The summed E-state index contributed by atoms with van der Waals surface area (Å²) in [5.74, 6) is 0. The largest absolute Gasteiger partial charge is 0.319 e. The summed E-state index contributed by atoms with van der Waals surface area (Å²) in [4.78, 5) is 0. The molecule has 43 heavy (non-hydrogen) atoms. The van der Waals surface area contributed by atoms with Crippen molar-refractivity contribution in [3.8, 4) is 22.3 Å². The van der Waals surface area contributed by atoms with Gasteiger partial charge in [0.15, 0.2) is 0 Å². The van der Waals surface area contributed by atoms with Crippen molar-refractivity contribution in [1.82, 2.24) is 0 Å². The highest BCUT2D eigenvalue weighted by molar-refractivity contribution is 7.59. The molecular formula is C40H31N2P. The molecular weight excluding hydrogens is 539 g/mol. The van der Waals surface area contributed by atoms with Crippen molar-refractivity contribution in [1.29, 1.82) is 0 Å². The van der Waals surface area contributed by atoms with Crippen molar-refractivity contribution in [3.63, 3.8) is 0 Å². The Bertz CT molecular complexity index is 2060. The van der Waals surface area contributed by atoms with Crippen molar-refractivity contribution < 1.29 is 0 Å². The summed E-state index contributed by atoms with van der Waals surface area (Å²) < 4.78 is 8.17. The Labute approximate surface area is 254 Å². The highest BCUT2D eigenvalue weighted by atomic mass is 31.1. The van der Waals surface area contributed by atoms with Gasteiger partial charge in [-0.25, -0.2) is 4.76 Å². The Morgan fingerprint density at radius 2 is 1.16 bits per heavy atom. The fourth-order valence-corrected chi connectivity index (χ4v) is 8.64. The van der Waals surface area contributed by atoms with Crippen molar-refractivity contribution in [3.05, 3.63) is 157 Å². The lowest BCUT2D eigenvalue weighted by Crippen LogP contribution is -2.33. The molecule has 0 saturated carbocycles. The number of allylic oxidation sites excluding steroid dienone is 2. The molecule has 0 saturated heterocycles. The lowest BCUT2D eigenvalue weighted by Gasteiger charge is -2.32. The molecule has 0 fully saturated rings. The zero-order valence-electron chi connectivity index (χ0n) is 24.1. The molecule has 3 heteroatoms. The Morgan fingerprint density at radius 1 is 0.605 bits per heavy atom. The van der Waals surface area contributed by atoms with Crippen LogP contribution in [0.1, 0.15) is 12.5 Å². The second kappa shape index (κ2) is 10.8. The van der Waals surface area contributed by atoms with E-state index in [4.69, 9.17) is 4.76 Å². The van der Waals surface area contributed by atoms with Crippen LogP contribution in [0.5, 0.6) is 0 Å². The summed E-state index contributed by atoms with van der Waals surface area (Å²) in [5, 5.41) is 5.10. The lowest BCUT2D eigenvalue weighted by atomic mass is 9.86. The number of anilines is 1. The minimum atomic E-state index is -0.770. The molecule has 0 spiro atoms. The van der Waals surface area contributed by atoms with E-state index in [0.717, 1.165) is 6.16 Å². The van der Waals surface area contributed by atoms with E-state index in [1.54, 1.807) is 0 Å². The van der Waals surface area contributed by atoms with E-state index in [2.05, 4.69) is 163 Å². The average Bonchev–Trinajstić information content (AvgIpc) is 3.47. The molecule has 6 aromatic carbocycles. The maximum atomic E-state index is 5.55. The Morgan fingerprint density at radius 3 is 1.79 bits per heavy atom. The number of hydrogen-bond acceptors (Lipinski definition) is 2. The second-order valence-corrected chi connectivity index (χ2v) is 13.1. The third kappa shape index (κ3) is 4.33. The van der Waals surface area contributed by atoms with E-state index < -0.39 is 8.22 Å². The molecule has 8 rings (SSSR count). The van der Waals surface area contributed by atoms with Crippen LogP contribution in [0.4, 0.5) is 5.69 Å². The van der Waals surface area contributed by atoms with Gasteiger partial charge in [0.25, 0.3) is 0 Å². The van der Waals surface area contributed by atoms with Crippen molar-refractivity contribution in [2.45, 2.75) is 13.0 Å². The fraction of sp³-hybridized carbons (Fsp3) is 0.0750. The third-order valence-corrected chi connectivity index (χ3v) is 10.6. The Hall–Kier alpha value is -4.78. The zero-order chi connectivity index (χ0) is 28.8. The summed E-state index contributed by atoms with van der Waals surface area (Å²) in [6.45, 7) is 2.28. The first-order valence-electron chi connectivity index (χ1n) is 15.0. The first-order valence-corrected chi connectivity index (χ1v) is 16.4. The van der Waals surface area contributed by atoms with Gasteiger partial charge >= 0.3 is 0 Å². The first-order chi connectivity index (χ1) is 21.3. The van der Waals surface area contributed by atoms with Gasteiger partial charge in [-0.1, -0.05) is 153 Å². The minimum Gasteiger partial charge on any atom is -0.319 e. The van der Waals surface area contributed by atoms with E-state index >= 15 is 0 Å². The van der Waals surface area contributed by atoms with Gasteiger partial charge in [0, 0.05) is 17.1 Å². The first kappa shape index (κ1) is 25.9. The SMILES string of the molecule is CCP1N=C2C(c3cccc4cccc(-c5ccccc5)c34)=CC=CC2N1c1cccc2cccc(-c3ccccc3)c12. The summed E-state index contributed by atoms with van der Waals surface area (Å²) in [6.07, 6.45) is 7.85. The number of benzene rings is 6. The molecule has 0 bridgehead atoms. The van der Waals surface area contributed by atoms with Gasteiger partial charge < -0.3 is 4.67 Å². The van der Waals surface area contributed by atoms with E-state index in [0.29, 0.717) is 0 Å². The molecule has 1 heterocycles. The van der Waals surface area contributed by atoms with Crippen LogP contribution in [0.2, 0.25) is 0 Å². The zero-order valence-corrected chi connectivity index (χ0v) is 25.0. The van der Waals surface area contributed by atoms with Crippen LogP contribution in [0.15, 0.2) is 156 Å². The lowest BCUT2D eigenvalue weighted by molar-refractivity contribution is 1.08. The summed E-state index contributed by atoms with van der Waals surface area (Å²) in [5.41, 5.74) is 9.93. The normalized spacial score (nSPS) is 17.7. The number of nitrogens with zero attached hydrogens (tertiary/aromatic N) is 2. The van der Waals surface area contributed by atoms with E-state index in [-0.39, 0.29) is 6.04 Å². The average molecular weight is 571 g/mol. The highest BCUT2D eigenvalue weighted by Gasteiger charge is 2.39.